The zero-order valence-corrected chi connectivity index (χ0v) is 6.72. The topological polar surface area (TPSA) is 26.0 Å². The lowest BCUT2D eigenvalue weighted by atomic mass is 10.2. The summed E-state index contributed by atoms with van der Waals surface area (Å²) in [5, 5.41) is 1.30. The van der Waals surface area contributed by atoms with Gasteiger partial charge in [0.1, 0.15) is 0 Å². The van der Waals surface area contributed by atoms with Crippen molar-refractivity contribution in [2.45, 2.75) is 6.54 Å². The summed E-state index contributed by atoms with van der Waals surface area (Å²) in [6.45, 7) is 0.645. The molecule has 0 aliphatic rings. The molecule has 0 unspecified atom stereocenters. The first-order valence-electron chi connectivity index (χ1n) is 2.94. The highest BCUT2D eigenvalue weighted by atomic mass is 28.1. The summed E-state index contributed by atoms with van der Waals surface area (Å²) in [5.74, 6) is 0. The van der Waals surface area contributed by atoms with Gasteiger partial charge in [0.2, 0.25) is 0 Å². The highest BCUT2D eigenvalue weighted by molar-refractivity contribution is 6.32. The molecule has 1 radical (unpaired) electrons. The van der Waals surface area contributed by atoms with Crippen LogP contribution in [-0.2, 0) is 6.54 Å². The van der Waals surface area contributed by atoms with Gasteiger partial charge in [-0.05, 0) is 5.56 Å². The quantitative estimate of drug-likeness (QED) is 0.513. The Kier molecular flexibility index (Phi) is 2.03. The van der Waals surface area contributed by atoms with Crippen molar-refractivity contribution in [1.82, 2.24) is 0 Å². The minimum Gasteiger partial charge on any atom is -0.326 e. The van der Waals surface area contributed by atoms with Crippen LogP contribution in [0.2, 0.25) is 0 Å². The summed E-state index contributed by atoms with van der Waals surface area (Å²) in [7, 11) is 1.88. The standard InChI is InChI=1S/C7H10NSi/c8-5-6-2-1-3-7(9)4-6/h1-4H,5,8-9H2. The molecule has 9 heavy (non-hydrogen) atoms. The third kappa shape index (κ3) is 1.66. The molecule has 1 rings (SSSR count). The van der Waals surface area contributed by atoms with Crippen molar-refractivity contribution < 1.29 is 0 Å². The highest BCUT2D eigenvalue weighted by Crippen LogP contribution is 1.91. The Balaban J connectivity index is 2.94. The van der Waals surface area contributed by atoms with Crippen LogP contribution in [0.1, 0.15) is 5.56 Å². The number of benzene rings is 1. The second-order valence-electron chi connectivity index (χ2n) is 2.02. The Bertz CT molecular complexity index is 198. The third-order valence-corrected chi connectivity index (χ3v) is 1.67. The van der Waals surface area contributed by atoms with Crippen LogP contribution in [0.4, 0.5) is 0 Å². The largest absolute Gasteiger partial charge is 0.326 e. The molecular weight excluding hydrogens is 126 g/mol. The van der Waals surface area contributed by atoms with Gasteiger partial charge in [-0.2, -0.15) is 0 Å². The minimum absolute atomic E-state index is 0.645. The zero-order chi connectivity index (χ0) is 6.69. The van der Waals surface area contributed by atoms with Crippen LogP contribution in [0.5, 0.6) is 0 Å². The zero-order valence-electron chi connectivity index (χ0n) is 5.30. The van der Waals surface area contributed by atoms with Gasteiger partial charge >= 0.3 is 0 Å². The fourth-order valence-electron chi connectivity index (χ4n) is 0.757. The van der Waals surface area contributed by atoms with E-state index >= 15 is 0 Å². The lowest BCUT2D eigenvalue weighted by molar-refractivity contribution is 1.07. The van der Waals surface area contributed by atoms with Crippen LogP contribution in [0.3, 0.4) is 0 Å². The Morgan fingerprint density at radius 1 is 1.44 bits per heavy atom. The van der Waals surface area contributed by atoms with Crippen molar-refractivity contribution in [2.24, 2.45) is 5.73 Å². The predicted octanol–water partition coefficient (Wildman–Crippen LogP) is -0.596. The van der Waals surface area contributed by atoms with Crippen molar-refractivity contribution in [3.05, 3.63) is 29.8 Å². The molecule has 1 aromatic carbocycles. The van der Waals surface area contributed by atoms with Crippen molar-refractivity contribution in [3.63, 3.8) is 0 Å². The first-order valence-corrected chi connectivity index (χ1v) is 3.64. The van der Waals surface area contributed by atoms with E-state index < -0.39 is 0 Å². The van der Waals surface area contributed by atoms with Gasteiger partial charge in [0.05, 0.1) is 0 Å². The molecule has 0 saturated heterocycles. The molecule has 47 valence electrons. The molecule has 0 aliphatic heterocycles. The molecule has 2 N–H and O–H groups in total. The monoisotopic (exact) mass is 136 g/mol. The van der Waals surface area contributed by atoms with Gasteiger partial charge < -0.3 is 5.73 Å². The summed E-state index contributed by atoms with van der Waals surface area (Å²) in [6.07, 6.45) is 0. The third-order valence-electron chi connectivity index (χ3n) is 1.23. The summed E-state index contributed by atoms with van der Waals surface area (Å²) in [5.41, 5.74) is 6.63. The van der Waals surface area contributed by atoms with E-state index in [1.54, 1.807) is 0 Å². The van der Waals surface area contributed by atoms with Gasteiger partial charge in [0.25, 0.3) is 0 Å². The van der Waals surface area contributed by atoms with E-state index in [9.17, 15) is 0 Å². The maximum absolute atomic E-state index is 5.42. The SMILES string of the molecule is NCc1cccc([SiH2])c1. The van der Waals surface area contributed by atoms with Crippen molar-refractivity contribution in [1.29, 1.82) is 0 Å². The first-order chi connectivity index (χ1) is 4.33. The van der Waals surface area contributed by atoms with Crippen LogP contribution in [0.15, 0.2) is 24.3 Å². The fourth-order valence-corrected chi connectivity index (χ4v) is 1.15. The number of hydrogen-bond acceptors (Lipinski definition) is 1. The normalized spacial score (nSPS) is 9.56. The van der Waals surface area contributed by atoms with E-state index in [1.807, 2.05) is 22.4 Å². The summed E-state index contributed by atoms with van der Waals surface area (Å²) < 4.78 is 0. The lowest BCUT2D eigenvalue weighted by Gasteiger charge is -1.95. The van der Waals surface area contributed by atoms with E-state index in [0.717, 1.165) is 0 Å². The van der Waals surface area contributed by atoms with Gasteiger partial charge in [-0.3, -0.25) is 0 Å². The molecule has 0 aromatic heterocycles. The van der Waals surface area contributed by atoms with Gasteiger partial charge in [0, 0.05) is 16.8 Å². The summed E-state index contributed by atoms with van der Waals surface area (Å²) in [4.78, 5) is 0. The Hall–Kier alpha value is -0.603. The molecule has 1 aromatic rings. The van der Waals surface area contributed by atoms with Crippen molar-refractivity contribution in [3.8, 4) is 0 Å². The molecule has 0 heterocycles. The lowest BCUT2D eigenvalue weighted by Crippen LogP contribution is -2.05. The van der Waals surface area contributed by atoms with Crippen LogP contribution in [-0.4, -0.2) is 10.2 Å². The molecule has 0 bridgehead atoms. The second-order valence-corrected chi connectivity index (χ2v) is 2.84. The molecule has 0 amide bonds. The van der Waals surface area contributed by atoms with Crippen LogP contribution in [0.25, 0.3) is 0 Å². The van der Waals surface area contributed by atoms with E-state index in [0.29, 0.717) is 6.54 Å². The van der Waals surface area contributed by atoms with Gasteiger partial charge in [-0.15, -0.1) is 0 Å². The molecule has 0 fully saturated rings. The van der Waals surface area contributed by atoms with E-state index in [2.05, 4.69) is 12.1 Å². The first kappa shape index (κ1) is 6.52. The van der Waals surface area contributed by atoms with Crippen LogP contribution >= 0.6 is 0 Å². The van der Waals surface area contributed by atoms with Crippen LogP contribution < -0.4 is 10.9 Å². The average Bonchev–Trinajstić information content (AvgIpc) is 1.88. The maximum Gasteiger partial charge on any atom is 0.0477 e. The van der Waals surface area contributed by atoms with E-state index in [4.69, 9.17) is 5.73 Å². The molecule has 1 nitrogen and oxygen atoms in total. The smallest absolute Gasteiger partial charge is 0.0477 e. The Labute approximate surface area is 58.3 Å². The molecule has 0 atom stereocenters. The number of hydrogen-bond donors (Lipinski definition) is 1. The van der Waals surface area contributed by atoms with E-state index in [1.165, 1.54) is 10.8 Å². The highest BCUT2D eigenvalue weighted by Gasteiger charge is 1.85. The number of nitrogens with two attached hydrogens (primary N) is 1. The fraction of sp³-hybridized carbons (Fsp3) is 0.143. The van der Waals surface area contributed by atoms with E-state index in [-0.39, 0.29) is 0 Å². The van der Waals surface area contributed by atoms with Gasteiger partial charge in [-0.1, -0.05) is 29.5 Å². The molecule has 2 heteroatoms. The predicted molar refractivity (Wildman–Crippen MR) is 42.5 cm³/mol. The van der Waals surface area contributed by atoms with Gasteiger partial charge in [0.15, 0.2) is 0 Å². The summed E-state index contributed by atoms with van der Waals surface area (Å²) >= 11 is 0. The average molecular weight is 136 g/mol. The van der Waals surface area contributed by atoms with Crippen molar-refractivity contribution >= 4 is 15.4 Å². The van der Waals surface area contributed by atoms with Crippen molar-refractivity contribution in [2.75, 3.05) is 0 Å². The second kappa shape index (κ2) is 2.80. The molecule has 0 spiro atoms. The summed E-state index contributed by atoms with van der Waals surface area (Å²) in [6, 6.07) is 8.26. The molecule has 0 aliphatic carbocycles. The van der Waals surface area contributed by atoms with Crippen LogP contribution in [0, 0.1) is 0 Å². The maximum atomic E-state index is 5.42. The molecular formula is C7H10NSi. The molecule has 0 saturated carbocycles. The Morgan fingerprint density at radius 3 is 2.67 bits per heavy atom. The minimum atomic E-state index is 0.645. The van der Waals surface area contributed by atoms with Gasteiger partial charge in [-0.25, -0.2) is 0 Å². The number of rotatable bonds is 1. The Morgan fingerprint density at radius 2 is 2.22 bits per heavy atom.